The molecule has 0 atom stereocenters. The van der Waals surface area contributed by atoms with Crippen molar-refractivity contribution in [2.75, 3.05) is 13.2 Å². The minimum atomic E-state index is -3.52. The minimum Gasteiger partial charge on any atom is -0.484 e. The lowest BCUT2D eigenvalue weighted by molar-refractivity contribution is -0.0807. The maximum Gasteiger partial charge on any atom is 0.188 e. The molecule has 0 radical (unpaired) electrons. The van der Waals surface area contributed by atoms with Crippen LogP contribution in [0.5, 0.6) is 5.75 Å². The quantitative estimate of drug-likeness (QED) is 0.863. The first kappa shape index (κ1) is 14.3. The maximum absolute atomic E-state index is 12.8. The predicted octanol–water partition coefficient (Wildman–Crippen LogP) is 1.68. The SMILES string of the molecule is CC(C)(C)S(=O)(=O)c1cn2ccnc2cc1OC1COC1. The molecule has 0 amide bonds. The maximum atomic E-state index is 12.8. The lowest BCUT2D eigenvalue weighted by Crippen LogP contribution is -2.39. The second-order valence-corrected chi connectivity index (χ2v) is 8.76. The molecule has 2 aromatic heterocycles. The van der Waals surface area contributed by atoms with E-state index in [2.05, 4.69) is 4.98 Å². The highest BCUT2D eigenvalue weighted by molar-refractivity contribution is 7.92. The van der Waals surface area contributed by atoms with Crippen LogP contribution in [0.3, 0.4) is 0 Å². The number of rotatable bonds is 3. The van der Waals surface area contributed by atoms with Gasteiger partial charge in [0.1, 0.15) is 22.4 Å². The van der Waals surface area contributed by atoms with Gasteiger partial charge < -0.3 is 13.9 Å². The van der Waals surface area contributed by atoms with E-state index in [1.54, 1.807) is 49.8 Å². The van der Waals surface area contributed by atoms with Crippen LogP contribution < -0.4 is 4.74 Å². The molecule has 7 heteroatoms. The molecule has 0 bridgehead atoms. The van der Waals surface area contributed by atoms with Gasteiger partial charge in [0.2, 0.25) is 0 Å². The van der Waals surface area contributed by atoms with Crippen LogP contribution in [0.4, 0.5) is 0 Å². The van der Waals surface area contributed by atoms with E-state index >= 15 is 0 Å². The second kappa shape index (κ2) is 4.71. The first-order valence-electron chi connectivity index (χ1n) is 6.75. The summed E-state index contributed by atoms with van der Waals surface area (Å²) in [6, 6.07) is 1.66. The minimum absolute atomic E-state index is 0.101. The molecule has 3 rings (SSSR count). The van der Waals surface area contributed by atoms with Gasteiger partial charge in [-0.2, -0.15) is 0 Å². The fourth-order valence-corrected chi connectivity index (χ4v) is 3.29. The van der Waals surface area contributed by atoms with E-state index in [4.69, 9.17) is 9.47 Å². The van der Waals surface area contributed by atoms with Gasteiger partial charge >= 0.3 is 0 Å². The Bertz CT molecular complexity index is 770. The number of imidazole rings is 1. The zero-order valence-electron chi connectivity index (χ0n) is 12.2. The van der Waals surface area contributed by atoms with Gasteiger partial charge in [-0.25, -0.2) is 13.4 Å². The van der Waals surface area contributed by atoms with Crippen molar-refractivity contribution in [1.82, 2.24) is 9.38 Å². The molecule has 0 aromatic carbocycles. The Morgan fingerprint density at radius 1 is 1.38 bits per heavy atom. The third-order valence-electron chi connectivity index (χ3n) is 3.45. The van der Waals surface area contributed by atoms with Crippen molar-refractivity contribution in [3.63, 3.8) is 0 Å². The van der Waals surface area contributed by atoms with E-state index in [9.17, 15) is 8.42 Å². The molecular weight excluding hydrogens is 292 g/mol. The molecule has 0 aliphatic carbocycles. The molecule has 2 aromatic rings. The van der Waals surface area contributed by atoms with Crippen molar-refractivity contribution in [3.05, 3.63) is 24.7 Å². The zero-order chi connectivity index (χ0) is 15.3. The topological polar surface area (TPSA) is 69.9 Å². The standard InChI is InChI=1S/C14H18N2O4S/c1-14(2,3)21(17,18)12-7-16-5-4-15-13(16)6-11(12)20-10-8-19-9-10/h4-7,10H,8-9H2,1-3H3. The van der Waals surface area contributed by atoms with Crippen molar-refractivity contribution < 1.29 is 17.9 Å². The summed E-state index contributed by atoms with van der Waals surface area (Å²) >= 11 is 0. The Balaban J connectivity index is 2.15. The molecule has 6 nitrogen and oxygen atoms in total. The molecule has 1 fully saturated rings. The summed E-state index contributed by atoms with van der Waals surface area (Å²) in [5.74, 6) is 0.344. The molecule has 1 saturated heterocycles. The Morgan fingerprint density at radius 2 is 2.10 bits per heavy atom. The van der Waals surface area contributed by atoms with Crippen LogP contribution in [0.1, 0.15) is 20.8 Å². The number of nitrogens with zero attached hydrogens (tertiary/aromatic N) is 2. The van der Waals surface area contributed by atoms with Crippen LogP contribution in [0.2, 0.25) is 0 Å². The largest absolute Gasteiger partial charge is 0.484 e. The van der Waals surface area contributed by atoms with Gasteiger partial charge in [-0.3, -0.25) is 0 Å². The van der Waals surface area contributed by atoms with Crippen molar-refractivity contribution in [2.45, 2.75) is 36.5 Å². The van der Waals surface area contributed by atoms with Gasteiger partial charge in [-0.05, 0) is 20.8 Å². The first-order valence-corrected chi connectivity index (χ1v) is 8.23. The number of sulfone groups is 1. The zero-order valence-corrected chi connectivity index (χ0v) is 13.1. The van der Waals surface area contributed by atoms with Gasteiger partial charge in [0, 0.05) is 24.7 Å². The Morgan fingerprint density at radius 3 is 2.67 bits per heavy atom. The predicted molar refractivity (Wildman–Crippen MR) is 77.4 cm³/mol. The summed E-state index contributed by atoms with van der Waals surface area (Å²) in [4.78, 5) is 4.36. The third-order valence-corrected chi connectivity index (χ3v) is 5.95. The molecule has 3 heterocycles. The van der Waals surface area contributed by atoms with E-state index in [1.165, 1.54) is 0 Å². The fourth-order valence-electron chi connectivity index (χ4n) is 2.01. The van der Waals surface area contributed by atoms with Crippen molar-refractivity contribution in [1.29, 1.82) is 0 Å². The Hall–Kier alpha value is -1.60. The van der Waals surface area contributed by atoms with Crippen LogP contribution in [0, 0.1) is 0 Å². The van der Waals surface area contributed by atoms with E-state index in [0.29, 0.717) is 24.6 Å². The normalized spacial score (nSPS) is 16.9. The second-order valence-electron chi connectivity index (χ2n) is 6.09. The average molecular weight is 310 g/mol. The van der Waals surface area contributed by atoms with Crippen molar-refractivity contribution in [3.8, 4) is 5.75 Å². The summed E-state index contributed by atoms with van der Waals surface area (Å²) in [7, 11) is -3.52. The number of hydrogen-bond donors (Lipinski definition) is 0. The highest BCUT2D eigenvalue weighted by Gasteiger charge is 2.35. The van der Waals surface area contributed by atoms with E-state index in [-0.39, 0.29) is 11.0 Å². The molecule has 0 saturated carbocycles. The molecule has 0 unspecified atom stereocenters. The van der Waals surface area contributed by atoms with Gasteiger partial charge in [0.05, 0.1) is 18.0 Å². The average Bonchev–Trinajstić information content (AvgIpc) is 2.78. The number of fused-ring (bicyclic) bond motifs is 1. The lowest BCUT2D eigenvalue weighted by Gasteiger charge is -2.29. The third kappa shape index (κ3) is 2.40. The molecule has 114 valence electrons. The van der Waals surface area contributed by atoms with Crippen molar-refractivity contribution >= 4 is 15.5 Å². The van der Waals surface area contributed by atoms with Crippen LogP contribution in [-0.4, -0.2) is 41.9 Å². The molecule has 1 aliphatic heterocycles. The lowest BCUT2D eigenvalue weighted by atomic mass is 10.3. The van der Waals surface area contributed by atoms with Crippen LogP contribution in [0.25, 0.3) is 5.65 Å². The molecule has 21 heavy (non-hydrogen) atoms. The van der Waals surface area contributed by atoms with Gasteiger partial charge in [0.15, 0.2) is 9.84 Å². The van der Waals surface area contributed by atoms with E-state index < -0.39 is 14.6 Å². The number of pyridine rings is 1. The summed E-state index contributed by atoms with van der Waals surface area (Å²) in [5.41, 5.74) is 0.651. The van der Waals surface area contributed by atoms with Gasteiger partial charge in [-0.15, -0.1) is 0 Å². The van der Waals surface area contributed by atoms with E-state index in [0.717, 1.165) is 0 Å². The highest BCUT2D eigenvalue weighted by Crippen LogP contribution is 2.33. The Kier molecular flexibility index (Phi) is 3.22. The van der Waals surface area contributed by atoms with Crippen LogP contribution in [0.15, 0.2) is 29.6 Å². The fraction of sp³-hybridized carbons (Fsp3) is 0.500. The van der Waals surface area contributed by atoms with E-state index in [1.807, 2.05) is 0 Å². The molecule has 1 aliphatic rings. The summed E-state index contributed by atoms with van der Waals surface area (Å²) < 4.78 is 37.2. The molecule has 0 N–H and O–H groups in total. The molecular formula is C14H18N2O4S. The first-order chi connectivity index (χ1) is 9.79. The highest BCUT2D eigenvalue weighted by atomic mass is 32.2. The Labute approximate surface area is 123 Å². The van der Waals surface area contributed by atoms with Gasteiger partial charge in [0.25, 0.3) is 0 Å². The summed E-state index contributed by atoms with van der Waals surface area (Å²) in [5, 5.41) is 0. The van der Waals surface area contributed by atoms with Crippen molar-refractivity contribution in [2.24, 2.45) is 0 Å². The number of aromatic nitrogens is 2. The van der Waals surface area contributed by atoms with Gasteiger partial charge in [-0.1, -0.05) is 0 Å². The number of hydrogen-bond acceptors (Lipinski definition) is 5. The smallest absolute Gasteiger partial charge is 0.188 e. The number of ether oxygens (including phenoxy) is 2. The van der Waals surface area contributed by atoms with Crippen LogP contribution >= 0.6 is 0 Å². The summed E-state index contributed by atoms with van der Waals surface area (Å²) in [6.07, 6.45) is 4.81. The van der Waals surface area contributed by atoms with Crippen LogP contribution in [-0.2, 0) is 14.6 Å². The summed E-state index contributed by atoms with van der Waals surface area (Å²) in [6.45, 7) is 5.99. The molecule has 0 spiro atoms. The monoisotopic (exact) mass is 310 g/mol.